The van der Waals surface area contributed by atoms with E-state index in [-0.39, 0.29) is 0 Å². The molecule has 0 saturated carbocycles. The first-order valence-corrected chi connectivity index (χ1v) is 7.95. The fourth-order valence-corrected chi connectivity index (χ4v) is 4.13. The Morgan fingerprint density at radius 1 is 1.11 bits per heavy atom. The van der Waals surface area contributed by atoms with Gasteiger partial charge in [-0.3, -0.25) is 0 Å². The SMILES string of the molecule is CCCc1cccc2c1P(=O)(O)Oc1ccccc1-2. The average molecular weight is 274 g/mol. The molecule has 0 radical (unpaired) electrons. The standard InChI is InChI=1S/C15H15O3P/c1-2-6-11-7-5-9-13-12-8-3-4-10-14(12)18-19(16,17)15(11)13/h3-5,7-10H,2,6H2,1H3,(H,16,17). The summed E-state index contributed by atoms with van der Waals surface area (Å²) in [6.07, 6.45) is 1.71. The monoisotopic (exact) mass is 274 g/mol. The molecular weight excluding hydrogens is 259 g/mol. The van der Waals surface area contributed by atoms with Crippen LogP contribution in [-0.4, -0.2) is 4.89 Å². The summed E-state index contributed by atoms with van der Waals surface area (Å²) in [5.41, 5.74) is 2.61. The molecule has 2 aromatic rings. The summed E-state index contributed by atoms with van der Waals surface area (Å²) in [4.78, 5) is 10.2. The van der Waals surface area contributed by atoms with Crippen LogP contribution in [0.5, 0.6) is 5.75 Å². The van der Waals surface area contributed by atoms with Gasteiger partial charge in [0.2, 0.25) is 0 Å². The zero-order valence-corrected chi connectivity index (χ0v) is 11.6. The molecule has 4 heteroatoms. The first-order chi connectivity index (χ1) is 9.13. The highest BCUT2D eigenvalue weighted by Gasteiger charge is 2.36. The van der Waals surface area contributed by atoms with Gasteiger partial charge in [-0.15, -0.1) is 0 Å². The van der Waals surface area contributed by atoms with Gasteiger partial charge in [0.1, 0.15) is 5.75 Å². The number of fused-ring (bicyclic) bond motifs is 3. The molecule has 0 saturated heterocycles. The highest BCUT2D eigenvalue weighted by molar-refractivity contribution is 7.62. The van der Waals surface area contributed by atoms with E-state index in [1.165, 1.54) is 0 Å². The maximum absolute atomic E-state index is 12.4. The number of hydrogen-bond donors (Lipinski definition) is 1. The summed E-state index contributed by atoms with van der Waals surface area (Å²) < 4.78 is 17.8. The van der Waals surface area contributed by atoms with Crippen molar-refractivity contribution in [3.05, 3.63) is 48.0 Å². The molecule has 0 aromatic heterocycles. The van der Waals surface area contributed by atoms with E-state index in [4.69, 9.17) is 4.52 Å². The van der Waals surface area contributed by atoms with Gasteiger partial charge in [0.05, 0.1) is 5.30 Å². The summed E-state index contributed by atoms with van der Waals surface area (Å²) in [6.45, 7) is 2.05. The molecule has 0 bridgehead atoms. The van der Waals surface area contributed by atoms with Crippen molar-refractivity contribution < 1.29 is 14.0 Å². The van der Waals surface area contributed by atoms with Gasteiger partial charge in [0, 0.05) is 11.1 Å². The van der Waals surface area contributed by atoms with Crippen molar-refractivity contribution in [2.75, 3.05) is 0 Å². The van der Waals surface area contributed by atoms with Gasteiger partial charge in [-0.2, -0.15) is 0 Å². The largest absolute Gasteiger partial charge is 0.421 e. The zero-order valence-electron chi connectivity index (χ0n) is 10.7. The molecular formula is C15H15O3P. The van der Waals surface area contributed by atoms with Gasteiger partial charge in [-0.05, 0) is 18.1 Å². The molecule has 1 heterocycles. The first kappa shape index (κ1) is 12.5. The third kappa shape index (κ3) is 1.99. The van der Waals surface area contributed by atoms with Crippen LogP contribution in [0.4, 0.5) is 0 Å². The van der Waals surface area contributed by atoms with E-state index in [2.05, 4.69) is 6.92 Å². The van der Waals surface area contributed by atoms with Crippen LogP contribution in [-0.2, 0) is 11.0 Å². The molecule has 0 fully saturated rings. The molecule has 98 valence electrons. The molecule has 0 spiro atoms. The van der Waals surface area contributed by atoms with Gasteiger partial charge >= 0.3 is 7.60 Å². The van der Waals surface area contributed by atoms with Crippen LogP contribution in [0.15, 0.2) is 42.5 Å². The Bertz CT molecular complexity index is 679. The molecule has 1 atom stereocenters. The molecule has 0 aliphatic carbocycles. The van der Waals surface area contributed by atoms with Gasteiger partial charge in [-0.1, -0.05) is 49.7 Å². The minimum atomic E-state index is -3.78. The van der Waals surface area contributed by atoms with Gasteiger partial charge in [-0.25, -0.2) is 4.57 Å². The van der Waals surface area contributed by atoms with Crippen LogP contribution >= 0.6 is 7.60 Å². The predicted octanol–water partition coefficient (Wildman–Crippen LogP) is 3.51. The van der Waals surface area contributed by atoms with Crippen molar-refractivity contribution in [3.8, 4) is 16.9 Å². The molecule has 1 N–H and O–H groups in total. The van der Waals surface area contributed by atoms with Gasteiger partial charge < -0.3 is 9.42 Å². The molecule has 19 heavy (non-hydrogen) atoms. The second-order valence-electron chi connectivity index (χ2n) is 4.67. The smallest absolute Gasteiger partial charge is 0.409 e. The third-order valence-electron chi connectivity index (χ3n) is 3.32. The van der Waals surface area contributed by atoms with Crippen molar-refractivity contribution in [3.63, 3.8) is 0 Å². The van der Waals surface area contributed by atoms with Crippen LogP contribution in [0.25, 0.3) is 11.1 Å². The molecule has 1 aliphatic heterocycles. The van der Waals surface area contributed by atoms with Gasteiger partial charge in [0.25, 0.3) is 0 Å². The molecule has 1 unspecified atom stereocenters. The van der Waals surface area contributed by atoms with Crippen LogP contribution in [0.1, 0.15) is 18.9 Å². The van der Waals surface area contributed by atoms with E-state index in [1.807, 2.05) is 30.3 Å². The van der Waals surface area contributed by atoms with Crippen molar-refractivity contribution in [1.29, 1.82) is 0 Å². The fourth-order valence-electron chi connectivity index (χ4n) is 2.56. The highest BCUT2D eigenvalue weighted by Crippen LogP contribution is 2.52. The zero-order chi connectivity index (χ0) is 13.5. The van der Waals surface area contributed by atoms with Crippen LogP contribution in [0.2, 0.25) is 0 Å². The molecule has 3 rings (SSSR count). The Morgan fingerprint density at radius 2 is 1.84 bits per heavy atom. The van der Waals surface area contributed by atoms with Crippen molar-refractivity contribution in [2.24, 2.45) is 0 Å². The Labute approximate surface area is 112 Å². The molecule has 0 amide bonds. The second-order valence-corrected chi connectivity index (χ2v) is 6.34. The summed E-state index contributed by atoms with van der Waals surface area (Å²) in [5.74, 6) is 0.481. The molecule has 2 aromatic carbocycles. The van der Waals surface area contributed by atoms with Crippen LogP contribution in [0.3, 0.4) is 0 Å². The van der Waals surface area contributed by atoms with Crippen LogP contribution < -0.4 is 9.83 Å². The average Bonchev–Trinajstić information content (AvgIpc) is 2.38. The van der Waals surface area contributed by atoms with E-state index < -0.39 is 7.60 Å². The summed E-state index contributed by atoms with van der Waals surface area (Å²) >= 11 is 0. The maximum Gasteiger partial charge on any atom is 0.409 e. The van der Waals surface area contributed by atoms with E-state index in [0.29, 0.717) is 11.1 Å². The highest BCUT2D eigenvalue weighted by atomic mass is 31.2. The van der Waals surface area contributed by atoms with E-state index in [9.17, 15) is 9.46 Å². The predicted molar refractivity (Wildman–Crippen MR) is 76.0 cm³/mol. The van der Waals surface area contributed by atoms with Crippen molar-refractivity contribution in [1.82, 2.24) is 0 Å². The minimum Gasteiger partial charge on any atom is -0.421 e. The number of aryl methyl sites for hydroxylation is 1. The van der Waals surface area contributed by atoms with Crippen molar-refractivity contribution >= 4 is 12.9 Å². The lowest BCUT2D eigenvalue weighted by molar-refractivity contribution is 0.392. The normalized spacial score (nSPS) is 20.3. The van der Waals surface area contributed by atoms with E-state index >= 15 is 0 Å². The molecule has 1 aliphatic rings. The quantitative estimate of drug-likeness (QED) is 0.852. The minimum absolute atomic E-state index is 0.468. The summed E-state index contributed by atoms with van der Waals surface area (Å²) in [5, 5.41) is 0.468. The summed E-state index contributed by atoms with van der Waals surface area (Å²) in [7, 11) is -3.78. The lowest BCUT2D eigenvalue weighted by Crippen LogP contribution is -2.21. The van der Waals surface area contributed by atoms with E-state index in [0.717, 1.165) is 29.5 Å². The number of rotatable bonds is 2. The Morgan fingerprint density at radius 3 is 2.63 bits per heavy atom. The summed E-state index contributed by atoms with van der Waals surface area (Å²) in [6, 6.07) is 13.1. The number of benzene rings is 2. The van der Waals surface area contributed by atoms with Gasteiger partial charge in [0.15, 0.2) is 0 Å². The third-order valence-corrected chi connectivity index (χ3v) is 4.86. The van der Waals surface area contributed by atoms with Crippen LogP contribution in [0, 0.1) is 0 Å². The second kappa shape index (κ2) is 4.52. The maximum atomic E-state index is 12.4. The fraction of sp³-hybridized carbons (Fsp3) is 0.200. The Balaban J connectivity index is 2.31. The molecule has 3 nitrogen and oxygen atoms in total. The lowest BCUT2D eigenvalue weighted by Gasteiger charge is -2.26. The lowest BCUT2D eigenvalue weighted by atomic mass is 10.00. The topological polar surface area (TPSA) is 46.5 Å². The Kier molecular flexibility index (Phi) is 2.96. The van der Waals surface area contributed by atoms with Crippen molar-refractivity contribution in [2.45, 2.75) is 19.8 Å². The first-order valence-electron chi connectivity index (χ1n) is 6.37. The number of para-hydroxylation sites is 1. The van der Waals surface area contributed by atoms with E-state index in [1.54, 1.807) is 12.1 Å². The number of hydrogen-bond acceptors (Lipinski definition) is 2. The Hall–Kier alpha value is -1.57.